The van der Waals surface area contributed by atoms with E-state index in [1.165, 1.54) is 193 Å². The summed E-state index contributed by atoms with van der Waals surface area (Å²) < 4.78 is 23.7. The number of amides is 1. The van der Waals surface area contributed by atoms with E-state index < -0.39 is 20.0 Å². The van der Waals surface area contributed by atoms with Crippen LogP contribution in [0.1, 0.15) is 258 Å². The maximum atomic E-state index is 13.0. The van der Waals surface area contributed by atoms with Gasteiger partial charge in [0.15, 0.2) is 0 Å². The van der Waals surface area contributed by atoms with Crippen molar-refractivity contribution in [2.75, 3.05) is 40.9 Å². The average molecular weight is 950 g/mol. The molecule has 0 aliphatic heterocycles. The Morgan fingerprint density at radius 3 is 1.21 bits per heavy atom. The SMILES string of the molecule is CCCCCCCCCCCC/C=C\CCCCCCCCCC(=O)NC(COP(=O)(O)OCC[N+](C)(C)C)C(O)/C=C/CC/C=C/CC/C=C/CCCCCCCCCCCCCCC. The summed E-state index contributed by atoms with van der Waals surface area (Å²) in [6, 6.07) is -0.873. The number of nitrogens with zero attached hydrogens (tertiary/aromatic N) is 1. The molecule has 0 saturated carbocycles. The fourth-order valence-corrected chi connectivity index (χ4v) is 8.81. The van der Waals surface area contributed by atoms with Crippen LogP contribution in [-0.2, 0) is 18.4 Å². The molecule has 0 aromatic heterocycles. The number of phosphoric acid groups is 1. The van der Waals surface area contributed by atoms with Gasteiger partial charge in [-0.25, -0.2) is 4.57 Å². The summed E-state index contributed by atoms with van der Waals surface area (Å²) in [6.07, 6.45) is 63.5. The Bertz CT molecular complexity index is 1210. The van der Waals surface area contributed by atoms with Gasteiger partial charge in [-0.1, -0.05) is 229 Å². The fourth-order valence-electron chi connectivity index (χ4n) is 8.07. The second-order valence-corrected chi connectivity index (χ2v) is 21.7. The molecule has 0 radical (unpaired) electrons. The molecule has 66 heavy (non-hydrogen) atoms. The van der Waals surface area contributed by atoms with Gasteiger partial charge in [0.05, 0.1) is 39.9 Å². The largest absolute Gasteiger partial charge is 0.472 e. The molecule has 0 heterocycles. The average Bonchev–Trinajstić information content (AvgIpc) is 3.28. The quantitative estimate of drug-likeness (QED) is 0.0243. The number of carbonyl (C=O) groups excluding carboxylic acids is 1. The second-order valence-electron chi connectivity index (χ2n) is 20.3. The summed E-state index contributed by atoms with van der Waals surface area (Å²) in [7, 11) is 1.55. The van der Waals surface area contributed by atoms with Crippen LogP contribution >= 0.6 is 7.82 Å². The second kappa shape index (κ2) is 48.5. The van der Waals surface area contributed by atoms with Gasteiger partial charge in [-0.2, -0.15) is 0 Å². The Morgan fingerprint density at radius 2 is 0.833 bits per heavy atom. The molecule has 0 fully saturated rings. The highest BCUT2D eigenvalue weighted by molar-refractivity contribution is 7.47. The molecular weight excluding hydrogens is 840 g/mol. The van der Waals surface area contributed by atoms with Crippen LogP contribution in [0.15, 0.2) is 48.6 Å². The van der Waals surface area contributed by atoms with E-state index in [1.54, 1.807) is 6.08 Å². The van der Waals surface area contributed by atoms with Crippen molar-refractivity contribution < 1.29 is 32.9 Å². The summed E-state index contributed by atoms with van der Waals surface area (Å²) in [5.41, 5.74) is 0. The molecule has 0 aromatic carbocycles. The van der Waals surface area contributed by atoms with E-state index in [2.05, 4.69) is 55.6 Å². The van der Waals surface area contributed by atoms with Gasteiger partial charge in [0.25, 0.3) is 0 Å². The zero-order chi connectivity index (χ0) is 48.5. The van der Waals surface area contributed by atoms with Gasteiger partial charge in [-0.05, 0) is 70.6 Å². The molecule has 3 N–H and O–H groups in total. The van der Waals surface area contributed by atoms with Crippen molar-refractivity contribution >= 4 is 13.7 Å². The maximum absolute atomic E-state index is 13.0. The van der Waals surface area contributed by atoms with Crippen molar-refractivity contribution in [3.8, 4) is 0 Å². The standard InChI is InChI=1S/C57H109N2O6P/c1-6-8-10-12-14-16-18-20-22-24-26-28-29-31-32-34-36-38-40-42-44-46-48-50-56(60)55(54-65-66(62,63)64-53-52-59(3,4)5)58-57(61)51-49-47-45-43-41-39-37-35-33-30-27-25-23-21-19-17-15-13-11-9-7-2/h30,32-34,40,42,48,50,55-56,60H,6-29,31,35-39,41,43-47,49,51-54H2,1-5H3,(H-,58,61,62,63)/p+1/b33-30-,34-32+,42-40+,50-48+. The first kappa shape index (κ1) is 64.5. The summed E-state index contributed by atoms with van der Waals surface area (Å²) >= 11 is 0. The normalized spacial score (nSPS) is 14.3. The van der Waals surface area contributed by atoms with E-state index in [0.717, 1.165) is 44.9 Å². The highest BCUT2D eigenvalue weighted by Crippen LogP contribution is 2.43. The minimum atomic E-state index is -4.36. The van der Waals surface area contributed by atoms with Crippen molar-refractivity contribution in [3.63, 3.8) is 0 Å². The number of aliphatic hydroxyl groups excluding tert-OH is 1. The first-order chi connectivity index (χ1) is 32.0. The van der Waals surface area contributed by atoms with Crippen molar-refractivity contribution in [2.24, 2.45) is 0 Å². The van der Waals surface area contributed by atoms with Crippen LogP contribution in [-0.4, -0.2) is 73.4 Å². The lowest BCUT2D eigenvalue weighted by molar-refractivity contribution is -0.870. The first-order valence-corrected chi connectivity index (χ1v) is 29.5. The highest BCUT2D eigenvalue weighted by atomic mass is 31.2. The molecule has 388 valence electrons. The third-order valence-electron chi connectivity index (χ3n) is 12.5. The third kappa shape index (κ3) is 50.3. The monoisotopic (exact) mass is 950 g/mol. The maximum Gasteiger partial charge on any atom is 0.472 e. The Labute approximate surface area is 409 Å². The number of hydrogen-bond acceptors (Lipinski definition) is 5. The Hall–Kier alpha value is -1.54. The van der Waals surface area contributed by atoms with Gasteiger partial charge < -0.3 is 19.8 Å². The predicted octanol–water partition coefficient (Wildman–Crippen LogP) is 16.8. The number of aliphatic hydroxyl groups is 1. The molecule has 0 aromatic rings. The van der Waals surface area contributed by atoms with Gasteiger partial charge in [0.2, 0.25) is 5.91 Å². The van der Waals surface area contributed by atoms with Crippen molar-refractivity contribution in [3.05, 3.63) is 48.6 Å². The number of quaternary nitrogens is 1. The summed E-state index contributed by atoms with van der Waals surface area (Å²) in [5, 5.41) is 13.9. The van der Waals surface area contributed by atoms with Gasteiger partial charge >= 0.3 is 7.82 Å². The molecule has 0 aliphatic rings. The van der Waals surface area contributed by atoms with Crippen LogP contribution in [0.3, 0.4) is 0 Å². The van der Waals surface area contributed by atoms with Gasteiger partial charge in [-0.15, -0.1) is 0 Å². The lowest BCUT2D eigenvalue weighted by Crippen LogP contribution is -2.45. The zero-order valence-corrected chi connectivity index (χ0v) is 45.1. The lowest BCUT2D eigenvalue weighted by Gasteiger charge is -2.25. The summed E-state index contributed by atoms with van der Waals surface area (Å²) in [6.45, 7) is 4.81. The van der Waals surface area contributed by atoms with Crippen LogP contribution in [0.25, 0.3) is 0 Å². The molecule has 3 atom stereocenters. The lowest BCUT2D eigenvalue weighted by atomic mass is 10.0. The van der Waals surface area contributed by atoms with Crippen molar-refractivity contribution in [1.82, 2.24) is 5.32 Å². The van der Waals surface area contributed by atoms with E-state index in [0.29, 0.717) is 17.4 Å². The van der Waals surface area contributed by atoms with Crippen LogP contribution < -0.4 is 5.32 Å². The predicted molar refractivity (Wildman–Crippen MR) is 286 cm³/mol. The minimum absolute atomic E-state index is 0.0522. The molecule has 0 spiro atoms. The number of allylic oxidation sites excluding steroid dienone is 7. The Morgan fingerprint density at radius 1 is 0.500 bits per heavy atom. The van der Waals surface area contributed by atoms with Crippen LogP contribution in [0.5, 0.6) is 0 Å². The van der Waals surface area contributed by atoms with E-state index in [9.17, 15) is 19.4 Å². The molecule has 0 saturated heterocycles. The van der Waals surface area contributed by atoms with E-state index in [4.69, 9.17) is 9.05 Å². The number of likely N-dealkylation sites (N-methyl/N-ethyl adjacent to an activating group) is 1. The van der Waals surface area contributed by atoms with Crippen LogP contribution in [0, 0.1) is 0 Å². The molecular formula is C57H110N2O6P+. The smallest absolute Gasteiger partial charge is 0.387 e. The number of unbranched alkanes of at least 4 members (excludes halogenated alkanes) is 32. The minimum Gasteiger partial charge on any atom is -0.387 e. The number of rotatable bonds is 51. The molecule has 0 aliphatic carbocycles. The fraction of sp³-hybridized carbons (Fsp3) is 0.842. The van der Waals surface area contributed by atoms with Gasteiger partial charge in [0.1, 0.15) is 13.2 Å². The topological polar surface area (TPSA) is 105 Å². The third-order valence-corrected chi connectivity index (χ3v) is 13.5. The van der Waals surface area contributed by atoms with Crippen LogP contribution in [0.2, 0.25) is 0 Å². The zero-order valence-electron chi connectivity index (χ0n) is 44.2. The number of hydrogen-bond donors (Lipinski definition) is 3. The highest BCUT2D eigenvalue weighted by Gasteiger charge is 2.27. The summed E-state index contributed by atoms with van der Waals surface area (Å²) in [4.78, 5) is 23.3. The number of nitrogens with one attached hydrogen (secondary N) is 1. The molecule has 8 nitrogen and oxygen atoms in total. The van der Waals surface area contributed by atoms with Crippen molar-refractivity contribution in [1.29, 1.82) is 0 Å². The molecule has 0 bridgehead atoms. The van der Waals surface area contributed by atoms with E-state index in [-0.39, 0.29) is 19.1 Å². The van der Waals surface area contributed by atoms with E-state index in [1.807, 2.05) is 27.2 Å². The summed E-state index contributed by atoms with van der Waals surface area (Å²) in [5.74, 6) is -0.194. The Kier molecular flexibility index (Phi) is 47.4. The van der Waals surface area contributed by atoms with Crippen molar-refractivity contribution in [2.45, 2.75) is 270 Å². The van der Waals surface area contributed by atoms with Crippen LogP contribution in [0.4, 0.5) is 0 Å². The first-order valence-electron chi connectivity index (χ1n) is 28.0. The molecule has 3 unspecified atom stereocenters. The van der Waals surface area contributed by atoms with Gasteiger partial charge in [0, 0.05) is 6.42 Å². The molecule has 0 rings (SSSR count). The van der Waals surface area contributed by atoms with E-state index >= 15 is 0 Å². The Balaban J connectivity index is 4.33. The molecule has 1 amide bonds. The number of phosphoric ester groups is 1. The molecule has 9 heteroatoms. The van der Waals surface area contributed by atoms with Gasteiger partial charge in [-0.3, -0.25) is 13.8 Å². The number of carbonyl (C=O) groups is 1.